The van der Waals surface area contributed by atoms with E-state index in [-0.39, 0.29) is 18.9 Å². The fourth-order valence-corrected chi connectivity index (χ4v) is 11.8. The average molecular weight is 1350 g/mol. The van der Waals surface area contributed by atoms with Gasteiger partial charge in [-0.1, -0.05) is 302 Å². The van der Waals surface area contributed by atoms with E-state index in [1.165, 1.54) is 148 Å². The first-order chi connectivity index (χ1) is 47.1. The van der Waals surface area contributed by atoms with Crippen LogP contribution in [0.25, 0.3) is 0 Å². The van der Waals surface area contributed by atoms with Crippen LogP contribution in [-0.4, -0.2) is 140 Å². The van der Waals surface area contributed by atoms with Crippen molar-refractivity contribution in [2.45, 2.75) is 357 Å². The van der Waals surface area contributed by atoms with Crippen LogP contribution in [0.2, 0.25) is 0 Å². The lowest BCUT2D eigenvalue weighted by atomic mass is 9.97. The van der Waals surface area contributed by atoms with Crippen molar-refractivity contribution in [3.8, 4) is 0 Å². The van der Waals surface area contributed by atoms with E-state index in [0.717, 1.165) is 103 Å². The summed E-state index contributed by atoms with van der Waals surface area (Å²) >= 11 is 0. The molecule has 0 aromatic heterocycles. The maximum absolute atomic E-state index is 13.3. The molecule has 2 saturated heterocycles. The summed E-state index contributed by atoms with van der Waals surface area (Å²) in [7, 11) is 0. The summed E-state index contributed by atoms with van der Waals surface area (Å²) in [6.07, 6.45) is 79.5. The molecule has 0 aromatic carbocycles. The smallest absolute Gasteiger partial charge is 0.220 e. The molecule has 2 aliphatic rings. The predicted molar refractivity (Wildman–Crippen MR) is 396 cm³/mol. The second-order valence-electron chi connectivity index (χ2n) is 26.4. The number of rotatable bonds is 62. The second kappa shape index (κ2) is 64.5. The first-order valence-electron chi connectivity index (χ1n) is 38.4. The van der Waals surface area contributed by atoms with Crippen LogP contribution in [-0.2, 0) is 23.7 Å². The van der Waals surface area contributed by atoms with Gasteiger partial charge in [0.25, 0.3) is 0 Å². The van der Waals surface area contributed by atoms with Crippen molar-refractivity contribution >= 4 is 5.91 Å². The second-order valence-corrected chi connectivity index (χ2v) is 26.4. The highest BCUT2D eigenvalue weighted by Gasteiger charge is 2.51. The van der Waals surface area contributed by atoms with Crippen LogP contribution < -0.4 is 5.32 Å². The van der Waals surface area contributed by atoms with Gasteiger partial charge in [-0.25, -0.2) is 0 Å². The van der Waals surface area contributed by atoms with Crippen LogP contribution in [0.3, 0.4) is 0 Å². The maximum atomic E-state index is 13.3. The maximum Gasteiger partial charge on any atom is 0.220 e. The van der Waals surface area contributed by atoms with E-state index in [4.69, 9.17) is 18.9 Å². The number of allylic oxidation sites excluding steroid dienone is 21. The first-order valence-corrected chi connectivity index (χ1v) is 38.4. The zero-order valence-electron chi connectivity index (χ0n) is 60.1. The Labute approximate surface area is 583 Å². The number of aliphatic hydroxyl groups excluding tert-OH is 8. The molecule has 1 amide bonds. The third-order valence-electron chi connectivity index (χ3n) is 17.8. The lowest BCUT2D eigenvalue weighted by molar-refractivity contribution is -0.359. The molecule has 550 valence electrons. The predicted octanol–water partition coefficient (Wildman–Crippen LogP) is 17.0. The van der Waals surface area contributed by atoms with Crippen LogP contribution in [0.4, 0.5) is 0 Å². The van der Waals surface area contributed by atoms with Gasteiger partial charge in [-0.05, 0) is 109 Å². The highest BCUT2D eigenvalue weighted by molar-refractivity contribution is 5.76. The fraction of sp³-hybridized carbons (Fsp3) is 0.720. The molecular formula is C82H139NO13. The minimum Gasteiger partial charge on any atom is -0.394 e. The number of hydrogen-bond donors (Lipinski definition) is 9. The molecule has 12 atom stereocenters. The van der Waals surface area contributed by atoms with Gasteiger partial charge in [0, 0.05) is 6.42 Å². The van der Waals surface area contributed by atoms with Crippen molar-refractivity contribution in [2.24, 2.45) is 0 Å². The molecular weight excluding hydrogens is 1210 g/mol. The molecule has 12 unspecified atom stereocenters. The summed E-state index contributed by atoms with van der Waals surface area (Å²) in [6.45, 7) is 2.66. The molecule has 2 fully saturated rings. The van der Waals surface area contributed by atoms with Gasteiger partial charge in [-0.15, -0.1) is 0 Å². The third-order valence-corrected chi connectivity index (χ3v) is 17.8. The van der Waals surface area contributed by atoms with Crippen molar-refractivity contribution in [3.63, 3.8) is 0 Å². The Hall–Kier alpha value is -3.87. The topological polar surface area (TPSA) is 228 Å². The van der Waals surface area contributed by atoms with Crippen molar-refractivity contribution in [3.05, 3.63) is 134 Å². The van der Waals surface area contributed by atoms with E-state index in [1.54, 1.807) is 6.08 Å². The number of carbonyl (C=O) groups excluding carboxylic acids is 1. The monoisotopic (exact) mass is 1350 g/mol. The van der Waals surface area contributed by atoms with Crippen molar-refractivity contribution in [1.82, 2.24) is 5.32 Å². The van der Waals surface area contributed by atoms with E-state index in [1.807, 2.05) is 6.08 Å². The summed E-state index contributed by atoms with van der Waals surface area (Å²) in [5.41, 5.74) is 0. The molecule has 9 N–H and O–H groups in total. The highest BCUT2D eigenvalue weighted by Crippen LogP contribution is 2.30. The van der Waals surface area contributed by atoms with Crippen molar-refractivity contribution in [1.29, 1.82) is 0 Å². The Balaban J connectivity index is 1.69. The SMILES string of the molecule is CC/C=C\C/C=C\C/C=C\C/C=C\C/C=C\C/C=C\C/C=C\C/C=C\CCCCCCC(=O)NC(COC1OC(CO)C(OC2OC(CO)C(O)C(O)C2O)C(O)C1O)C(O)/C=C/CC/C=C/CC/C=C/CCCCCCCCCCCCCCCCCCCCCCCCC. The molecule has 2 aliphatic heterocycles. The minimum absolute atomic E-state index is 0.231. The molecule has 96 heavy (non-hydrogen) atoms. The molecule has 0 spiro atoms. The zero-order valence-corrected chi connectivity index (χ0v) is 60.1. The van der Waals surface area contributed by atoms with E-state index < -0.39 is 86.8 Å². The molecule has 0 aromatic rings. The molecule has 14 heteroatoms. The Bertz CT molecular complexity index is 2130. The standard InChI is InChI=1S/C82H139NO13/c1-3-5-7-9-11-13-15-17-19-21-23-25-27-29-31-33-34-35-36-38-39-41-43-45-47-49-51-53-55-57-59-61-63-65-71(86)70(69-93-81-79(92)77(90)80(73(68-85)95-81)96-82-78(91)76(89)75(88)72(67-84)94-82)83-74(87)66-64-62-60-58-56-54-52-50-48-46-44-42-40-37-32-30-28-26-24-22-20-18-16-14-12-10-8-6-4-2/h6,8,12,14,18,20,24,26,30,32,40,42,46-49,52,54-55,57,63,65,70-73,75-82,84-86,88-92H,3-5,7,9-11,13,15-17,19,21-23,25,27-29,31,33-39,41,43-45,50-51,53,56,58-62,64,66-69H2,1-2H3,(H,83,87)/b8-6-,14-12-,20-18-,26-24-,32-30-,42-40-,48-46-,49-47+,54-52-,57-55+,65-63+. The molecule has 14 nitrogen and oxygen atoms in total. The van der Waals surface area contributed by atoms with Gasteiger partial charge in [-0.2, -0.15) is 0 Å². The van der Waals surface area contributed by atoms with Crippen LogP contribution in [0, 0.1) is 0 Å². The number of amides is 1. The number of carbonyl (C=O) groups is 1. The number of nitrogens with one attached hydrogen (secondary N) is 1. The molecule has 2 heterocycles. The summed E-state index contributed by atoms with van der Waals surface area (Å²) in [4.78, 5) is 13.3. The van der Waals surface area contributed by atoms with E-state index in [0.29, 0.717) is 12.8 Å². The van der Waals surface area contributed by atoms with Crippen LogP contribution in [0.1, 0.15) is 284 Å². The Kier molecular flexibility index (Phi) is 59.3. The highest BCUT2D eigenvalue weighted by atomic mass is 16.7. The van der Waals surface area contributed by atoms with Gasteiger partial charge in [0.1, 0.15) is 48.8 Å². The fourth-order valence-electron chi connectivity index (χ4n) is 11.8. The van der Waals surface area contributed by atoms with Gasteiger partial charge < -0.3 is 65.1 Å². The summed E-state index contributed by atoms with van der Waals surface area (Å²) < 4.78 is 22.8. The molecule has 0 radical (unpaired) electrons. The van der Waals surface area contributed by atoms with Gasteiger partial charge in [-0.3, -0.25) is 4.79 Å². The average Bonchev–Trinajstić information content (AvgIpc) is 0.854. The summed E-state index contributed by atoms with van der Waals surface area (Å²) in [5, 5.41) is 87.5. The Morgan fingerprint density at radius 2 is 0.729 bits per heavy atom. The number of aliphatic hydroxyl groups is 8. The van der Waals surface area contributed by atoms with Gasteiger partial charge in [0.05, 0.1) is 32.0 Å². The van der Waals surface area contributed by atoms with E-state index in [2.05, 4.69) is 141 Å². The Morgan fingerprint density at radius 3 is 1.15 bits per heavy atom. The number of ether oxygens (including phenoxy) is 4. The summed E-state index contributed by atoms with van der Waals surface area (Å²) in [6, 6.07) is -0.965. The van der Waals surface area contributed by atoms with Gasteiger partial charge in [0.2, 0.25) is 5.91 Å². The minimum atomic E-state index is -1.80. The van der Waals surface area contributed by atoms with Crippen LogP contribution in [0.15, 0.2) is 134 Å². The van der Waals surface area contributed by atoms with Crippen LogP contribution in [0.5, 0.6) is 0 Å². The van der Waals surface area contributed by atoms with Crippen molar-refractivity contribution in [2.75, 3.05) is 19.8 Å². The van der Waals surface area contributed by atoms with Gasteiger partial charge >= 0.3 is 0 Å². The zero-order chi connectivity index (χ0) is 69.4. The quantitative estimate of drug-likeness (QED) is 0.0204. The number of hydrogen-bond acceptors (Lipinski definition) is 13. The van der Waals surface area contributed by atoms with E-state index >= 15 is 0 Å². The normalized spacial score (nSPS) is 23.0. The third kappa shape index (κ3) is 47.2. The van der Waals surface area contributed by atoms with Crippen LogP contribution >= 0.6 is 0 Å². The summed E-state index contributed by atoms with van der Waals surface area (Å²) in [5.74, 6) is -0.281. The Morgan fingerprint density at radius 1 is 0.385 bits per heavy atom. The first kappa shape index (κ1) is 88.2. The molecule has 0 saturated carbocycles. The molecule has 2 rings (SSSR count). The lowest BCUT2D eigenvalue weighted by Gasteiger charge is -2.46. The largest absolute Gasteiger partial charge is 0.394 e. The number of unbranched alkanes of at least 4 members (excludes halogenated alkanes) is 29. The lowest BCUT2D eigenvalue weighted by Crippen LogP contribution is -2.65. The molecule has 0 aliphatic carbocycles. The molecule has 0 bridgehead atoms. The van der Waals surface area contributed by atoms with Crippen molar-refractivity contribution < 1.29 is 64.6 Å². The van der Waals surface area contributed by atoms with Gasteiger partial charge in [0.15, 0.2) is 12.6 Å². The van der Waals surface area contributed by atoms with E-state index in [9.17, 15) is 45.6 Å².